The van der Waals surface area contributed by atoms with Gasteiger partial charge in [-0.05, 0) is 38.3 Å². The Kier molecular flexibility index (Phi) is 3.31. The molecule has 1 saturated carbocycles. The van der Waals surface area contributed by atoms with E-state index in [-0.39, 0.29) is 0 Å². The fraction of sp³-hybridized carbons (Fsp3) is 0.900. The van der Waals surface area contributed by atoms with Gasteiger partial charge in [-0.3, -0.25) is 5.41 Å². The van der Waals surface area contributed by atoms with Crippen LogP contribution < -0.4 is 5.73 Å². The quantitative estimate of drug-likeness (QED) is 0.483. The molecule has 0 aromatic heterocycles. The summed E-state index contributed by atoms with van der Waals surface area (Å²) in [6.45, 7) is 4.46. The highest BCUT2D eigenvalue weighted by molar-refractivity contribution is 5.78. The second kappa shape index (κ2) is 4.09. The van der Waals surface area contributed by atoms with E-state index in [1.165, 1.54) is 19.3 Å². The largest absolute Gasteiger partial charge is 0.388 e. The Morgan fingerprint density at radius 2 is 2.15 bits per heavy atom. The van der Waals surface area contributed by atoms with Crippen molar-refractivity contribution >= 4 is 5.84 Å². The van der Waals surface area contributed by atoms with Crippen LogP contribution in [-0.4, -0.2) is 30.9 Å². The zero-order valence-electron chi connectivity index (χ0n) is 8.77. The first-order valence-electron chi connectivity index (χ1n) is 5.09. The second-order valence-electron chi connectivity index (χ2n) is 4.44. The Morgan fingerprint density at radius 3 is 2.54 bits per heavy atom. The highest BCUT2D eigenvalue weighted by Crippen LogP contribution is 2.49. The molecule has 13 heavy (non-hydrogen) atoms. The third kappa shape index (κ3) is 3.35. The van der Waals surface area contributed by atoms with Crippen LogP contribution in [0.4, 0.5) is 0 Å². The van der Waals surface area contributed by atoms with E-state index in [0.29, 0.717) is 11.3 Å². The maximum Gasteiger partial charge on any atom is 0.0911 e. The molecule has 0 unspecified atom stereocenters. The van der Waals surface area contributed by atoms with E-state index in [1.54, 1.807) is 0 Å². The van der Waals surface area contributed by atoms with Crippen LogP contribution in [0.1, 0.15) is 32.6 Å². The number of hydrogen-bond acceptors (Lipinski definition) is 2. The van der Waals surface area contributed by atoms with Crippen LogP contribution in [0.3, 0.4) is 0 Å². The van der Waals surface area contributed by atoms with Crippen LogP contribution in [0.25, 0.3) is 0 Å². The molecule has 3 heteroatoms. The van der Waals surface area contributed by atoms with Crippen molar-refractivity contribution in [2.75, 3.05) is 20.1 Å². The summed E-state index contributed by atoms with van der Waals surface area (Å²) in [5.41, 5.74) is 5.80. The summed E-state index contributed by atoms with van der Waals surface area (Å²) in [7, 11) is 2.16. The van der Waals surface area contributed by atoms with Gasteiger partial charge in [0.25, 0.3) is 0 Å². The van der Waals surface area contributed by atoms with E-state index in [0.717, 1.165) is 19.5 Å². The molecule has 0 aliphatic heterocycles. The molecule has 0 radical (unpaired) electrons. The second-order valence-corrected chi connectivity index (χ2v) is 4.44. The normalized spacial score (nSPS) is 19.0. The standard InChI is InChI=1S/C10H21N3/c1-3-6-13(2)8-10(4-5-10)7-9(11)12/h3-8H2,1-2H3,(H3,11,12). The Labute approximate surface area is 80.8 Å². The zero-order valence-corrected chi connectivity index (χ0v) is 8.77. The minimum absolute atomic E-state index is 0.349. The molecule has 76 valence electrons. The molecule has 3 nitrogen and oxygen atoms in total. The van der Waals surface area contributed by atoms with Crippen LogP contribution >= 0.6 is 0 Å². The molecular formula is C10H21N3. The topological polar surface area (TPSA) is 53.1 Å². The lowest BCUT2D eigenvalue weighted by Gasteiger charge is -2.22. The van der Waals surface area contributed by atoms with E-state index in [4.69, 9.17) is 11.1 Å². The van der Waals surface area contributed by atoms with E-state index in [1.807, 2.05) is 0 Å². The fourth-order valence-corrected chi connectivity index (χ4v) is 2.00. The highest BCUT2D eigenvalue weighted by Gasteiger charge is 2.43. The first-order valence-corrected chi connectivity index (χ1v) is 5.09. The third-order valence-electron chi connectivity index (χ3n) is 2.73. The van der Waals surface area contributed by atoms with Crippen molar-refractivity contribution < 1.29 is 0 Å². The molecule has 3 N–H and O–H groups in total. The third-order valence-corrected chi connectivity index (χ3v) is 2.73. The summed E-state index contributed by atoms with van der Waals surface area (Å²) in [6, 6.07) is 0. The predicted octanol–water partition coefficient (Wildman–Crippen LogP) is 1.43. The molecule has 1 fully saturated rings. The van der Waals surface area contributed by atoms with Gasteiger partial charge in [-0.25, -0.2) is 0 Å². The molecule has 0 saturated heterocycles. The fourth-order valence-electron chi connectivity index (χ4n) is 2.00. The van der Waals surface area contributed by atoms with Gasteiger partial charge < -0.3 is 10.6 Å². The van der Waals surface area contributed by atoms with Gasteiger partial charge in [-0.15, -0.1) is 0 Å². The first-order chi connectivity index (χ1) is 6.08. The van der Waals surface area contributed by atoms with Crippen molar-refractivity contribution in [2.24, 2.45) is 11.1 Å². The molecule has 0 aromatic carbocycles. The van der Waals surface area contributed by atoms with Crippen molar-refractivity contribution in [3.63, 3.8) is 0 Å². The molecule has 0 aromatic rings. The first kappa shape index (κ1) is 10.5. The number of amidine groups is 1. The van der Waals surface area contributed by atoms with Crippen molar-refractivity contribution in [1.29, 1.82) is 5.41 Å². The van der Waals surface area contributed by atoms with E-state index in [2.05, 4.69) is 18.9 Å². The van der Waals surface area contributed by atoms with Crippen molar-refractivity contribution in [3.8, 4) is 0 Å². The van der Waals surface area contributed by atoms with E-state index >= 15 is 0 Å². The maximum atomic E-state index is 7.30. The SMILES string of the molecule is CCCN(C)CC1(CC(=N)N)CC1. The molecule has 1 rings (SSSR count). The van der Waals surface area contributed by atoms with Gasteiger partial charge in [0.05, 0.1) is 5.84 Å². The summed E-state index contributed by atoms with van der Waals surface area (Å²) in [5.74, 6) is 0.349. The van der Waals surface area contributed by atoms with Gasteiger partial charge in [0.1, 0.15) is 0 Å². The average Bonchev–Trinajstić information content (AvgIpc) is 2.67. The average molecular weight is 183 g/mol. The van der Waals surface area contributed by atoms with Gasteiger partial charge in [-0.1, -0.05) is 6.92 Å². The van der Waals surface area contributed by atoms with E-state index in [9.17, 15) is 0 Å². The van der Waals surface area contributed by atoms with Crippen molar-refractivity contribution in [2.45, 2.75) is 32.6 Å². The van der Waals surface area contributed by atoms with Crippen LogP contribution in [0.15, 0.2) is 0 Å². The van der Waals surface area contributed by atoms with Gasteiger partial charge >= 0.3 is 0 Å². The van der Waals surface area contributed by atoms with Gasteiger partial charge in [0.15, 0.2) is 0 Å². The van der Waals surface area contributed by atoms with E-state index < -0.39 is 0 Å². The molecule has 0 heterocycles. The Hall–Kier alpha value is -0.570. The number of nitrogens with zero attached hydrogens (tertiary/aromatic N) is 1. The van der Waals surface area contributed by atoms with Crippen LogP contribution in [-0.2, 0) is 0 Å². The summed E-state index contributed by atoms with van der Waals surface area (Å²) < 4.78 is 0. The molecular weight excluding hydrogens is 162 g/mol. The lowest BCUT2D eigenvalue weighted by Crippen LogP contribution is -2.30. The zero-order chi connectivity index (χ0) is 9.90. The number of nitrogens with two attached hydrogens (primary N) is 1. The molecule has 1 aliphatic rings. The van der Waals surface area contributed by atoms with Crippen LogP contribution in [0.5, 0.6) is 0 Å². The van der Waals surface area contributed by atoms with Gasteiger partial charge in [-0.2, -0.15) is 0 Å². The summed E-state index contributed by atoms with van der Waals surface area (Å²) in [6.07, 6.45) is 4.50. The minimum Gasteiger partial charge on any atom is -0.388 e. The summed E-state index contributed by atoms with van der Waals surface area (Å²) in [4.78, 5) is 2.36. The van der Waals surface area contributed by atoms with Gasteiger partial charge in [0, 0.05) is 13.0 Å². The Balaban J connectivity index is 2.30. The van der Waals surface area contributed by atoms with Crippen molar-refractivity contribution in [3.05, 3.63) is 0 Å². The van der Waals surface area contributed by atoms with Crippen LogP contribution in [0, 0.1) is 10.8 Å². The molecule has 0 amide bonds. The highest BCUT2D eigenvalue weighted by atomic mass is 15.1. The molecule has 1 aliphatic carbocycles. The molecule has 0 bridgehead atoms. The molecule has 0 spiro atoms. The lowest BCUT2D eigenvalue weighted by molar-refractivity contribution is 0.267. The Bertz CT molecular complexity index is 185. The smallest absolute Gasteiger partial charge is 0.0911 e. The lowest BCUT2D eigenvalue weighted by atomic mass is 10.0. The number of hydrogen-bond donors (Lipinski definition) is 2. The number of nitrogens with one attached hydrogen (secondary N) is 1. The summed E-state index contributed by atoms with van der Waals surface area (Å²) >= 11 is 0. The number of rotatable bonds is 6. The van der Waals surface area contributed by atoms with Crippen molar-refractivity contribution in [1.82, 2.24) is 4.90 Å². The summed E-state index contributed by atoms with van der Waals surface area (Å²) in [5, 5.41) is 7.30. The molecule has 0 atom stereocenters. The monoisotopic (exact) mass is 183 g/mol. The van der Waals surface area contributed by atoms with Crippen LogP contribution in [0.2, 0.25) is 0 Å². The predicted molar refractivity (Wildman–Crippen MR) is 56.0 cm³/mol. The maximum absolute atomic E-state index is 7.30. The Morgan fingerprint density at radius 1 is 1.54 bits per heavy atom. The minimum atomic E-state index is 0.349. The van der Waals surface area contributed by atoms with Gasteiger partial charge in [0.2, 0.25) is 0 Å².